The van der Waals surface area contributed by atoms with E-state index in [9.17, 15) is 4.79 Å². The van der Waals surface area contributed by atoms with Gasteiger partial charge in [0.05, 0.1) is 18.0 Å². The lowest BCUT2D eigenvalue weighted by atomic mass is 10.1. The Hall–Kier alpha value is -1.36. The molecule has 2 rings (SSSR count). The number of methoxy groups -OCH3 is 1. The van der Waals surface area contributed by atoms with E-state index in [4.69, 9.17) is 9.15 Å². The Balaban J connectivity index is 2.64. The van der Waals surface area contributed by atoms with Crippen LogP contribution in [0.5, 0.6) is 6.08 Å². The molecular weight excluding hydrogens is 262 g/mol. The molecule has 0 fully saturated rings. The van der Waals surface area contributed by atoms with Crippen LogP contribution in [-0.2, 0) is 0 Å². The monoisotopic (exact) mass is 269 g/mol. The Labute approximate surface area is 94.4 Å². The number of halogens is 1. The van der Waals surface area contributed by atoms with Gasteiger partial charge < -0.3 is 9.15 Å². The lowest BCUT2D eigenvalue weighted by molar-refractivity contribution is 0.102. The molecule has 0 amide bonds. The summed E-state index contributed by atoms with van der Waals surface area (Å²) in [5, 5.41) is 0.259. The molecule has 0 aliphatic rings. The average molecular weight is 270 g/mol. The topological polar surface area (TPSA) is 52.3 Å². The maximum Gasteiger partial charge on any atom is 0.394 e. The molecule has 0 saturated heterocycles. The van der Waals surface area contributed by atoms with Crippen molar-refractivity contribution >= 4 is 32.8 Å². The van der Waals surface area contributed by atoms with Crippen LogP contribution in [0.4, 0.5) is 0 Å². The SMILES string of the molecule is COc1nc2cccc(C(=O)CBr)c2o1. The first-order chi connectivity index (χ1) is 7.26. The zero-order valence-electron chi connectivity index (χ0n) is 7.99. The molecule has 0 radical (unpaired) electrons. The Bertz CT molecular complexity index is 506. The number of ketones is 1. The van der Waals surface area contributed by atoms with E-state index >= 15 is 0 Å². The lowest BCUT2D eigenvalue weighted by Gasteiger charge is -1.96. The van der Waals surface area contributed by atoms with Crippen molar-refractivity contribution in [2.75, 3.05) is 12.4 Å². The minimum Gasteiger partial charge on any atom is -0.453 e. The summed E-state index contributed by atoms with van der Waals surface area (Å²) in [4.78, 5) is 15.6. The minimum absolute atomic E-state index is 0.0422. The molecule has 2 aromatic rings. The second-order valence-corrected chi connectivity index (χ2v) is 3.46. The highest BCUT2D eigenvalue weighted by Crippen LogP contribution is 2.24. The van der Waals surface area contributed by atoms with Crippen LogP contribution >= 0.6 is 15.9 Å². The summed E-state index contributed by atoms with van der Waals surface area (Å²) in [6, 6.07) is 5.24. The molecule has 1 heterocycles. The smallest absolute Gasteiger partial charge is 0.394 e. The maximum atomic E-state index is 11.5. The summed E-state index contributed by atoms with van der Waals surface area (Å²) >= 11 is 3.12. The van der Waals surface area contributed by atoms with Crippen LogP contribution in [0.15, 0.2) is 22.6 Å². The maximum absolute atomic E-state index is 11.5. The molecule has 0 unspecified atom stereocenters. The number of carbonyl (C=O) groups is 1. The number of nitrogens with zero attached hydrogens (tertiary/aromatic N) is 1. The molecular formula is C10H8BrNO3. The van der Waals surface area contributed by atoms with Gasteiger partial charge in [0, 0.05) is 0 Å². The Kier molecular flexibility index (Phi) is 2.73. The highest BCUT2D eigenvalue weighted by atomic mass is 79.9. The third kappa shape index (κ3) is 1.74. The molecule has 0 N–H and O–H groups in total. The van der Waals surface area contributed by atoms with Crippen molar-refractivity contribution in [3.8, 4) is 6.08 Å². The van der Waals surface area contributed by atoms with E-state index in [0.29, 0.717) is 16.7 Å². The van der Waals surface area contributed by atoms with Crippen LogP contribution in [-0.4, -0.2) is 23.2 Å². The van der Waals surface area contributed by atoms with Gasteiger partial charge in [0.2, 0.25) is 0 Å². The number of hydrogen-bond acceptors (Lipinski definition) is 4. The van der Waals surface area contributed by atoms with Gasteiger partial charge in [-0.05, 0) is 12.1 Å². The molecule has 0 bridgehead atoms. The van der Waals surface area contributed by atoms with Crippen molar-refractivity contribution in [3.63, 3.8) is 0 Å². The van der Waals surface area contributed by atoms with E-state index in [0.717, 1.165) is 0 Å². The fourth-order valence-electron chi connectivity index (χ4n) is 1.31. The zero-order valence-corrected chi connectivity index (χ0v) is 9.58. The molecule has 1 aromatic carbocycles. The van der Waals surface area contributed by atoms with Gasteiger partial charge in [0.25, 0.3) is 0 Å². The van der Waals surface area contributed by atoms with Crippen molar-refractivity contribution in [3.05, 3.63) is 23.8 Å². The highest BCUT2D eigenvalue weighted by Gasteiger charge is 2.14. The fourth-order valence-corrected chi connectivity index (χ4v) is 1.61. The predicted molar refractivity (Wildman–Crippen MR) is 58.7 cm³/mol. The van der Waals surface area contributed by atoms with E-state index in [1.54, 1.807) is 18.2 Å². The van der Waals surface area contributed by atoms with E-state index in [2.05, 4.69) is 20.9 Å². The standard InChI is InChI=1S/C10H8BrNO3/c1-14-10-12-7-4-2-3-6(8(13)5-11)9(7)15-10/h2-4H,5H2,1H3. The molecule has 15 heavy (non-hydrogen) atoms. The van der Waals surface area contributed by atoms with E-state index < -0.39 is 0 Å². The number of ether oxygens (including phenoxy) is 1. The molecule has 0 saturated carbocycles. The van der Waals surface area contributed by atoms with Crippen LogP contribution in [0.1, 0.15) is 10.4 Å². The Morgan fingerprint density at radius 3 is 3.07 bits per heavy atom. The first-order valence-electron chi connectivity index (χ1n) is 4.29. The normalized spacial score (nSPS) is 10.5. The van der Waals surface area contributed by atoms with Crippen molar-refractivity contribution in [1.82, 2.24) is 4.98 Å². The summed E-state index contributed by atoms with van der Waals surface area (Å²) in [7, 11) is 1.47. The van der Waals surface area contributed by atoms with Crippen LogP contribution in [0.25, 0.3) is 11.1 Å². The number of hydrogen-bond donors (Lipinski definition) is 0. The molecule has 5 heteroatoms. The average Bonchev–Trinajstić information content (AvgIpc) is 2.70. The van der Waals surface area contributed by atoms with Gasteiger partial charge >= 0.3 is 6.08 Å². The zero-order chi connectivity index (χ0) is 10.8. The number of rotatable bonds is 3. The van der Waals surface area contributed by atoms with Gasteiger partial charge in [0.1, 0.15) is 5.52 Å². The highest BCUT2D eigenvalue weighted by molar-refractivity contribution is 9.09. The molecule has 78 valence electrons. The van der Waals surface area contributed by atoms with E-state index in [1.165, 1.54) is 7.11 Å². The van der Waals surface area contributed by atoms with E-state index in [-0.39, 0.29) is 17.2 Å². The summed E-state index contributed by atoms with van der Waals surface area (Å²) in [6.07, 6.45) is 0.167. The van der Waals surface area contributed by atoms with Crippen LogP contribution in [0.3, 0.4) is 0 Å². The second kappa shape index (κ2) is 4.02. The summed E-state index contributed by atoms with van der Waals surface area (Å²) in [6.45, 7) is 0. The van der Waals surface area contributed by atoms with E-state index in [1.807, 2.05) is 0 Å². The number of carbonyl (C=O) groups excluding carboxylic acids is 1. The predicted octanol–water partition coefficient (Wildman–Crippen LogP) is 2.41. The molecule has 1 aromatic heterocycles. The van der Waals surface area contributed by atoms with Gasteiger partial charge in [-0.2, -0.15) is 4.98 Å². The number of Topliss-reactive ketones (excluding diaryl/α,β-unsaturated/α-hetero) is 1. The third-order valence-corrected chi connectivity index (χ3v) is 2.50. The number of para-hydroxylation sites is 1. The van der Waals surface area contributed by atoms with Gasteiger partial charge in [-0.15, -0.1) is 0 Å². The first-order valence-corrected chi connectivity index (χ1v) is 5.41. The quantitative estimate of drug-likeness (QED) is 0.634. The fraction of sp³-hybridized carbons (Fsp3) is 0.200. The third-order valence-electron chi connectivity index (χ3n) is 1.99. The molecule has 0 spiro atoms. The van der Waals surface area contributed by atoms with Crippen LogP contribution < -0.4 is 4.74 Å². The number of alkyl halides is 1. The van der Waals surface area contributed by atoms with Crippen LogP contribution in [0.2, 0.25) is 0 Å². The Morgan fingerprint density at radius 1 is 1.60 bits per heavy atom. The van der Waals surface area contributed by atoms with Crippen LogP contribution in [0, 0.1) is 0 Å². The summed E-state index contributed by atoms with van der Waals surface area (Å²) < 4.78 is 10.2. The van der Waals surface area contributed by atoms with Gasteiger partial charge in [-0.1, -0.05) is 22.0 Å². The second-order valence-electron chi connectivity index (χ2n) is 2.89. The number of aromatic nitrogens is 1. The summed E-state index contributed by atoms with van der Waals surface area (Å²) in [5.41, 5.74) is 1.61. The van der Waals surface area contributed by atoms with Gasteiger partial charge in [-0.25, -0.2) is 0 Å². The van der Waals surface area contributed by atoms with Crippen molar-refractivity contribution in [2.45, 2.75) is 0 Å². The largest absolute Gasteiger partial charge is 0.453 e. The van der Waals surface area contributed by atoms with Gasteiger partial charge in [0.15, 0.2) is 11.4 Å². The molecule has 0 aliphatic heterocycles. The van der Waals surface area contributed by atoms with Crippen molar-refractivity contribution in [2.24, 2.45) is 0 Å². The summed E-state index contributed by atoms with van der Waals surface area (Å²) in [5.74, 6) is -0.0422. The first kappa shape index (κ1) is 10.2. The van der Waals surface area contributed by atoms with Crippen molar-refractivity contribution in [1.29, 1.82) is 0 Å². The molecule has 0 atom stereocenters. The number of oxazole rings is 1. The van der Waals surface area contributed by atoms with Gasteiger partial charge in [-0.3, -0.25) is 4.79 Å². The lowest BCUT2D eigenvalue weighted by Crippen LogP contribution is -1.99. The van der Waals surface area contributed by atoms with Crippen molar-refractivity contribution < 1.29 is 13.9 Å². The number of fused-ring (bicyclic) bond motifs is 1. The molecule has 0 aliphatic carbocycles. The number of benzene rings is 1. The molecule has 4 nitrogen and oxygen atoms in total. The minimum atomic E-state index is -0.0422. The Morgan fingerprint density at radius 2 is 2.40 bits per heavy atom.